The summed E-state index contributed by atoms with van der Waals surface area (Å²) in [5.41, 5.74) is 3.50. The lowest BCUT2D eigenvalue weighted by molar-refractivity contribution is -0.119. The maximum atomic E-state index is 12.6. The minimum atomic E-state index is -0.684. The Balaban J connectivity index is 1.51. The number of aryl methyl sites for hydroxylation is 2. The molecule has 0 fully saturated rings. The molecule has 9 nitrogen and oxygen atoms in total. The largest absolute Gasteiger partial charge is 0.462 e. The Morgan fingerprint density at radius 2 is 1.83 bits per heavy atom. The fourth-order valence-electron chi connectivity index (χ4n) is 3.71. The van der Waals surface area contributed by atoms with Crippen LogP contribution in [0.5, 0.6) is 0 Å². The van der Waals surface area contributed by atoms with E-state index in [1.54, 1.807) is 24.7 Å². The Morgan fingerprint density at radius 1 is 1.09 bits per heavy atom. The summed E-state index contributed by atoms with van der Waals surface area (Å²) in [7, 11) is 1.77. The van der Waals surface area contributed by atoms with Crippen LogP contribution in [0.1, 0.15) is 38.9 Å². The fraction of sp³-hybridized carbons (Fsp3) is 0.240. The molecule has 0 saturated carbocycles. The first-order valence-corrected chi connectivity index (χ1v) is 11.7. The first-order valence-electron chi connectivity index (χ1n) is 10.9. The van der Waals surface area contributed by atoms with Crippen molar-refractivity contribution in [2.75, 3.05) is 18.5 Å². The second kappa shape index (κ2) is 10.1. The maximum Gasteiger partial charge on any atom is 0.341 e. The average Bonchev–Trinajstić information content (AvgIpc) is 3.32. The SMILES string of the molecule is CCOC(=O)c1c(NC(=O)COC(=O)c2cnc3c(c2)c(C)nn3C)sc(-c2ccccc2)c1C. The molecule has 0 aliphatic carbocycles. The average molecular weight is 493 g/mol. The van der Waals surface area contributed by atoms with Crippen LogP contribution >= 0.6 is 11.3 Å². The Hall–Kier alpha value is -4.05. The van der Waals surface area contributed by atoms with E-state index < -0.39 is 24.5 Å². The van der Waals surface area contributed by atoms with Crippen LogP contribution in [0.25, 0.3) is 21.5 Å². The lowest BCUT2D eigenvalue weighted by atomic mass is 10.1. The highest BCUT2D eigenvalue weighted by Crippen LogP contribution is 2.40. The summed E-state index contributed by atoms with van der Waals surface area (Å²) >= 11 is 1.27. The van der Waals surface area contributed by atoms with Gasteiger partial charge in [0.15, 0.2) is 12.3 Å². The number of benzene rings is 1. The van der Waals surface area contributed by atoms with Gasteiger partial charge in [-0.15, -0.1) is 11.3 Å². The third-order valence-electron chi connectivity index (χ3n) is 5.35. The number of carbonyl (C=O) groups is 3. The van der Waals surface area contributed by atoms with Gasteiger partial charge in [-0.1, -0.05) is 30.3 Å². The van der Waals surface area contributed by atoms with Crippen LogP contribution in [0, 0.1) is 13.8 Å². The highest BCUT2D eigenvalue weighted by atomic mass is 32.1. The van der Waals surface area contributed by atoms with Gasteiger partial charge >= 0.3 is 11.9 Å². The second-order valence-corrected chi connectivity index (χ2v) is 8.80. The van der Waals surface area contributed by atoms with Gasteiger partial charge < -0.3 is 14.8 Å². The van der Waals surface area contributed by atoms with Gasteiger partial charge in [0, 0.05) is 23.5 Å². The first-order chi connectivity index (χ1) is 16.8. The number of hydrogen-bond donors (Lipinski definition) is 1. The minimum Gasteiger partial charge on any atom is -0.462 e. The van der Waals surface area contributed by atoms with E-state index in [0.29, 0.717) is 16.2 Å². The van der Waals surface area contributed by atoms with Gasteiger partial charge in [-0.05, 0) is 38.0 Å². The molecule has 0 aliphatic rings. The van der Waals surface area contributed by atoms with E-state index in [4.69, 9.17) is 9.47 Å². The Kier molecular flexibility index (Phi) is 6.92. The number of fused-ring (bicyclic) bond motifs is 1. The van der Waals surface area contributed by atoms with E-state index in [1.807, 2.05) is 44.2 Å². The lowest BCUT2D eigenvalue weighted by Gasteiger charge is -2.08. The van der Waals surface area contributed by atoms with E-state index in [0.717, 1.165) is 21.5 Å². The zero-order chi connectivity index (χ0) is 25.1. The number of nitrogens with zero attached hydrogens (tertiary/aromatic N) is 3. The number of amides is 1. The molecule has 0 spiro atoms. The highest BCUT2D eigenvalue weighted by molar-refractivity contribution is 7.20. The molecule has 3 aromatic heterocycles. The van der Waals surface area contributed by atoms with Crippen LogP contribution in [0.3, 0.4) is 0 Å². The molecule has 0 radical (unpaired) electrons. The quantitative estimate of drug-likeness (QED) is 0.383. The van der Waals surface area contributed by atoms with Crippen LogP contribution in [0.4, 0.5) is 5.00 Å². The fourth-order valence-corrected chi connectivity index (χ4v) is 4.93. The van der Waals surface area contributed by atoms with Crippen molar-refractivity contribution in [2.24, 2.45) is 7.05 Å². The summed E-state index contributed by atoms with van der Waals surface area (Å²) in [6, 6.07) is 11.2. The molecule has 180 valence electrons. The summed E-state index contributed by atoms with van der Waals surface area (Å²) < 4.78 is 12.0. The zero-order valence-electron chi connectivity index (χ0n) is 19.7. The molecule has 4 aromatic rings. The van der Waals surface area contributed by atoms with Gasteiger partial charge in [0.05, 0.1) is 23.4 Å². The molecule has 10 heteroatoms. The van der Waals surface area contributed by atoms with Crippen LogP contribution in [0.2, 0.25) is 0 Å². The van der Waals surface area contributed by atoms with Crippen molar-refractivity contribution < 1.29 is 23.9 Å². The van der Waals surface area contributed by atoms with Crippen molar-refractivity contribution >= 4 is 45.2 Å². The summed E-state index contributed by atoms with van der Waals surface area (Å²) in [5, 5.41) is 8.05. The first kappa shape index (κ1) is 24.1. The molecular weight excluding hydrogens is 468 g/mol. The number of aromatic nitrogens is 3. The highest BCUT2D eigenvalue weighted by Gasteiger charge is 2.24. The molecule has 0 unspecified atom stereocenters. The Bertz CT molecular complexity index is 1420. The van der Waals surface area contributed by atoms with Crippen LogP contribution < -0.4 is 5.32 Å². The standard InChI is InChI=1S/C25H24N4O5S/c1-5-33-25(32)20-14(2)21(16-9-7-6-8-10-16)35-23(20)27-19(30)13-34-24(31)17-11-18-15(3)28-29(4)22(18)26-12-17/h6-12H,5,13H2,1-4H3,(H,27,30). The minimum absolute atomic E-state index is 0.203. The molecular formula is C25H24N4O5S. The molecule has 0 atom stereocenters. The number of hydrogen-bond acceptors (Lipinski definition) is 8. The zero-order valence-corrected chi connectivity index (χ0v) is 20.6. The number of carbonyl (C=O) groups excluding carboxylic acids is 3. The van der Waals surface area contributed by atoms with Crippen molar-refractivity contribution in [3.63, 3.8) is 0 Å². The van der Waals surface area contributed by atoms with Crippen LogP contribution in [-0.4, -0.2) is 45.8 Å². The van der Waals surface area contributed by atoms with Gasteiger partial charge in [0.2, 0.25) is 0 Å². The predicted molar refractivity (Wildman–Crippen MR) is 133 cm³/mol. The molecule has 3 heterocycles. The maximum absolute atomic E-state index is 12.6. The van der Waals surface area contributed by atoms with Crippen molar-refractivity contribution in [3.8, 4) is 10.4 Å². The van der Waals surface area contributed by atoms with Crippen molar-refractivity contribution in [1.82, 2.24) is 14.8 Å². The van der Waals surface area contributed by atoms with Crippen LogP contribution in [-0.2, 0) is 21.3 Å². The monoisotopic (exact) mass is 492 g/mol. The topological polar surface area (TPSA) is 112 Å². The van der Waals surface area contributed by atoms with Crippen molar-refractivity contribution in [2.45, 2.75) is 20.8 Å². The molecule has 4 rings (SSSR count). The normalized spacial score (nSPS) is 10.9. The second-order valence-electron chi connectivity index (χ2n) is 7.78. The number of thiophene rings is 1. The molecule has 1 aromatic carbocycles. The van der Waals surface area contributed by atoms with Gasteiger partial charge in [-0.25, -0.2) is 14.6 Å². The summed E-state index contributed by atoms with van der Waals surface area (Å²) in [4.78, 5) is 42.9. The number of pyridine rings is 1. The van der Waals surface area contributed by atoms with E-state index >= 15 is 0 Å². The lowest BCUT2D eigenvalue weighted by Crippen LogP contribution is -2.22. The predicted octanol–water partition coefficient (Wildman–Crippen LogP) is 4.29. The van der Waals surface area contributed by atoms with Gasteiger partial charge in [0.25, 0.3) is 5.91 Å². The molecule has 0 bridgehead atoms. The third kappa shape index (κ3) is 4.92. The molecule has 0 saturated heterocycles. The number of ether oxygens (including phenoxy) is 2. The smallest absolute Gasteiger partial charge is 0.341 e. The molecule has 1 amide bonds. The van der Waals surface area contributed by atoms with Gasteiger partial charge in [-0.3, -0.25) is 9.48 Å². The van der Waals surface area contributed by atoms with E-state index in [9.17, 15) is 14.4 Å². The number of nitrogens with one attached hydrogen (secondary N) is 1. The van der Waals surface area contributed by atoms with Gasteiger partial charge in [-0.2, -0.15) is 5.10 Å². The number of anilines is 1. The Labute approximate surface area is 205 Å². The van der Waals surface area contributed by atoms with E-state index in [-0.39, 0.29) is 17.7 Å². The van der Waals surface area contributed by atoms with Gasteiger partial charge in [0.1, 0.15) is 5.00 Å². The van der Waals surface area contributed by atoms with Crippen molar-refractivity contribution in [1.29, 1.82) is 0 Å². The summed E-state index contributed by atoms with van der Waals surface area (Å²) in [6.45, 7) is 5.02. The summed E-state index contributed by atoms with van der Waals surface area (Å²) in [6.07, 6.45) is 1.39. The number of rotatable bonds is 7. The third-order valence-corrected chi connectivity index (χ3v) is 6.60. The summed E-state index contributed by atoms with van der Waals surface area (Å²) in [5.74, 6) is -1.78. The molecule has 0 aliphatic heterocycles. The molecule has 1 N–H and O–H groups in total. The van der Waals surface area contributed by atoms with Crippen molar-refractivity contribution in [3.05, 3.63) is 65.0 Å². The molecule has 35 heavy (non-hydrogen) atoms. The number of esters is 2. The van der Waals surface area contributed by atoms with E-state index in [2.05, 4.69) is 15.4 Å². The van der Waals surface area contributed by atoms with Crippen LogP contribution in [0.15, 0.2) is 42.6 Å². The Morgan fingerprint density at radius 3 is 2.54 bits per heavy atom. The van der Waals surface area contributed by atoms with E-state index in [1.165, 1.54) is 17.5 Å².